The zero-order valence-corrected chi connectivity index (χ0v) is 16.1. The summed E-state index contributed by atoms with van der Waals surface area (Å²) in [7, 11) is 0. The molecule has 1 rings (SSSR count). The zero-order valence-electron chi connectivity index (χ0n) is 16.1. The number of hydrogen-bond acceptors (Lipinski definition) is 4. The maximum atomic E-state index is 12.3. The van der Waals surface area contributed by atoms with Crippen LogP contribution < -0.4 is 10.6 Å². The number of nitrogens with zero attached hydrogens (tertiary/aromatic N) is 1. The molecule has 1 saturated heterocycles. The normalized spacial score (nSPS) is 17.7. The standard InChI is InChI=1S/C18H35N3O3/c1-13(2)15(12-20-17(23)24-18(4,5)6)11-19-14(3)16(22)21-9-7-8-10-21/h13-15,19H,7-12H2,1-6H3,(H,20,23). The number of likely N-dealkylation sites (tertiary alicyclic amines) is 1. The van der Waals surface area contributed by atoms with Crippen molar-refractivity contribution in [1.29, 1.82) is 0 Å². The Bertz CT molecular complexity index is 412. The molecule has 0 spiro atoms. The maximum absolute atomic E-state index is 12.3. The Balaban J connectivity index is 2.39. The number of ether oxygens (including phenoxy) is 1. The average Bonchev–Trinajstić information content (AvgIpc) is 2.97. The number of alkyl carbamates (subject to hydrolysis) is 1. The van der Waals surface area contributed by atoms with Gasteiger partial charge in [-0.05, 0) is 52.4 Å². The number of amides is 2. The summed E-state index contributed by atoms with van der Waals surface area (Å²) in [5, 5.41) is 6.16. The van der Waals surface area contributed by atoms with Crippen molar-refractivity contribution in [2.24, 2.45) is 11.8 Å². The number of hydrogen-bond donors (Lipinski definition) is 2. The van der Waals surface area contributed by atoms with E-state index in [0.717, 1.165) is 25.9 Å². The Morgan fingerprint density at radius 1 is 1.08 bits per heavy atom. The molecule has 2 amide bonds. The minimum atomic E-state index is -0.494. The molecule has 0 saturated carbocycles. The second kappa shape index (κ2) is 9.25. The minimum absolute atomic E-state index is 0.176. The fraction of sp³-hybridized carbons (Fsp3) is 0.889. The van der Waals surface area contributed by atoms with E-state index in [9.17, 15) is 9.59 Å². The van der Waals surface area contributed by atoms with Crippen LogP contribution in [0.15, 0.2) is 0 Å². The summed E-state index contributed by atoms with van der Waals surface area (Å²) < 4.78 is 5.27. The van der Waals surface area contributed by atoms with Crippen molar-refractivity contribution in [1.82, 2.24) is 15.5 Å². The second-order valence-corrected chi connectivity index (χ2v) is 8.05. The highest BCUT2D eigenvalue weighted by atomic mass is 16.6. The first-order valence-electron chi connectivity index (χ1n) is 9.09. The fourth-order valence-corrected chi connectivity index (χ4v) is 2.70. The Labute approximate surface area is 146 Å². The van der Waals surface area contributed by atoms with Crippen molar-refractivity contribution >= 4 is 12.0 Å². The largest absolute Gasteiger partial charge is 0.444 e. The van der Waals surface area contributed by atoms with E-state index in [-0.39, 0.29) is 17.9 Å². The summed E-state index contributed by atoms with van der Waals surface area (Å²) >= 11 is 0. The fourth-order valence-electron chi connectivity index (χ4n) is 2.70. The van der Waals surface area contributed by atoms with Gasteiger partial charge in [0.2, 0.25) is 5.91 Å². The van der Waals surface area contributed by atoms with Crippen LogP contribution in [0.1, 0.15) is 54.4 Å². The molecule has 24 heavy (non-hydrogen) atoms. The Morgan fingerprint density at radius 2 is 1.67 bits per heavy atom. The van der Waals surface area contributed by atoms with Crippen LogP contribution in [0.3, 0.4) is 0 Å². The highest BCUT2D eigenvalue weighted by molar-refractivity contribution is 5.81. The lowest BCUT2D eigenvalue weighted by Crippen LogP contribution is -2.47. The Hall–Kier alpha value is -1.30. The van der Waals surface area contributed by atoms with E-state index in [1.54, 1.807) is 0 Å². The first-order chi connectivity index (χ1) is 11.1. The predicted octanol–water partition coefficient (Wildman–Crippen LogP) is 2.38. The molecular weight excluding hydrogens is 306 g/mol. The van der Waals surface area contributed by atoms with Crippen LogP contribution in [-0.4, -0.2) is 54.7 Å². The van der Waals surface area contributed by atoms with Crippen LogP contribution in [0.25, 0.3) is 0 Å². The molecule has 2 atom stereocenters. The predicted molar refractivity (Wildman–Crippen MR) is 95.8 cm³/mol. The summed E-state index contributed by atoms with van der Waals surface area (Å²) in [6.07, 6.45) is 1.81. The molecular formula is C18H35N3O3. The van der Waals surface area contributed by atoms with Gasteiger partial charge in [0.05, 0.1) is 6.04 Å². The molecule has 1 aliphatic rings. The quantitative estimate of drug-likeness (QED) is 0.746. The van der Waals surface area contributed by atoms with E-state index in [1.807, 2.05) is 32.6 Å². The van der Waals surface area contributed by atoms with Gasteiger partial charge in [-0.2, -0.15) is 0 Å². The number of carbonyl (C=O) groups is 2. The molecule has 0 radical (unpaired) electrons. The number of carbonyl (C=O) groups excluding carboxylic acids is 2. The number of rotatable bonds is 7. The van der Waals surface area contributed by atoms with Crippen LogP contribution in [0.4, 0.5) is 4.79 Å². The summed E-state index contributed by atoms with van der Waals surface area (Å²) in [5.74, 6) is 0.808. The first kappa shape index (κ1) is 20.7. The molecule has 2 unspecified atom stereocenters. The van der Waals surface area contributed by atoms with Gasteiger partial charge in [-0.3, -0.25) is 4.79 Å². The molecule has 6 heteroatoms. The molecule has 0 aromatic heterocycles. The molecule has 2 N–H and O–H groups in total. The summed E-state index contributed by atoms with van der Waals surface area (Å²) in [6.45, 7) is 14.7. The van der Waals surface area contributed by atoms with Gasteiger partial charge in [0.1, 0.15) is 5.60 Å². The Morgan fingerprint density at radius 3 is 2.17 bits per heavy atom. The van der Waals surface area contributed by atoms with Crippen molar-refractivity contribution in [3.63, 3.8) is 0 Å². The van der Waals surface area contributed by atoms with Gasteiger partial charge in [-0.25, -0.2) is 4.79 Å². The molecule has 0 aliphatic carbocycles. The van der Waals surface area contributed by atoms with Gasteiger partial charge in [0.15, 0.2) is 0 Å². The number of nitrogens with one attached hydrogen (secondary N) is 2. The van der Waals surface area contributed by atoms with Crippen LogP contribution in [0, 0.1) is 11.8 Å². The molecule has 140 valence electrons. The molecule has 0 aromatic carbocycles. The van der Waals surface area contributed by atoms with E-state index in [0.29, 0.717) is 19.0 Å². The third-order valence-corrected chi connectivity index (χ3v) is 4.32. The molecule has 0 aromatic rings. The molecule has 1 fully saturated rings. The van der Waals surface area contributed by atoms with Gasteiger partial charge >= 0.3 is 6.09 Å². The topological polar surface area (TPSA) is 70.7 Å². The van der Waals surface area contributed by atoms with Gasteiger partial charge < -0.3 is 20.3 Å². The van der Waals surface area contributed by atoms with Gasteiger partial charge in [-0.15, -0.1) is 0 Å². The molecule has 0 bridgehead atoms. The summed E-state index contributed by atoms with van der Waals surface area (Å²) in [4.78, 5) is 26.0. The average molecular weight is 341 g/mol. The summed E-state index contributed by atoms with van der Waals surface area (Å²) in [6, 6.07) is -0.189. The lowest BCUT2D eigenvalue weighted by molar-refractivity contribution is -0.132. The van der Waals surface area contributed by atoms with Crippen LogP contribution in [0.2, 0.25) is 0 Å². The monoisotopic (exact) mass is 341 g/mol. The van der Waals surface area contributed by atoms with Crippen LogP contribution in [0.5, 0.6) is 0 Å². The van der Waals surface area contributed by atoms with E-state index in [2.05, 4.69) is 24.5 Å². The van der Waals surface area contributed by atoms with Gasteiger partial charge in [0.25, 0.3) is 0 Å². The molecule has 1 heterocycles. The van der Waals surface area contributed by atoms with E-state index < -0.39 is 11.7 Å². The smallest absolute Gasteiger partial charge is 0.407 e. The highest BCUT2D eigenvalue weighted by Gasteiger charge is 2.24. The van der Waals surface area contributed by atoms with Crippen molar-refractivity contribution < 1.29 is 14.3 Å². The van der Waals surface area contributed by atoms with Crippen molar-refractivity contribution in [2.75, 3.05) is 26.2 Å². The summed E-state index contributed by atoms with van der Waals surface area (Å²) in [5.41, 5.74) is -0.494. The van der Waals surface area contributed by atoms with Crippen molar-refractivity contribution in [3.05, 3.63) is 0 Å². The minimum Gasteiger partial charge on any atom is -0.444 e. The Kier molecular flexibility index (Phi) is 8.00. The van der Waals surface area contributed by atoms with Crippen molar-refractivity contribution in [2.45, 2.75) is 66.0 Å². The van der Waals surface area contributed by atoms with E-state index in [1.165, 1.54) is 0 Å². The van der Waals surface area contributed by atoms with E-state index in [4.69, 9.17) is 4.74 Å². The van der Waals surface area contributed by atoms with Gasteiger partial charge in [0, 0.05) is 26.2 Å². The van der Waals surface area contributed by atoms with Crippen molar-refractivity contribution in [3.8, 4) is 0 Å². The van der Waals surface area contributed by atoms with Crippen LogP contribution in [-0.2, 0) is 9.53 Å². The third-order valence-electron chi connectivity index (χ3n) is 4.32. The van der Waals surface area contributed by atoms with Gasteiger partial charge in [-0.1, -0.05) is 13.8 Å². The lowest BCUT2D eigenvalue weighted by Gasteiger charge is -2.26. The molecule has 6 nitrogen and oxygen atoms in total. The second-order valence-electron chi connectivity index (χ2n) is 8.05. The SMILES string of the molecule is CC(NCC(CNC(=O)OC(C)(C)C)C(C)C)C(=O)N1CCCC1. The highest BCUT2D eigenvalue weighted by Crippen LogP contribution is 2.12. The lowest BCUT2D eigenvalue weighted by atomic mass is 9.95. The van der Waals surface area contributed by atoms with Crippen LogP contribution >= 0.6 is 0 Å². The maximum Gasteiger partial charge on any atom is 0.407 e. The first-order valence-corrected chi connectivity index (χ1v) is 9.09. The van der Waals surface area contributed by atoms with E-state index >= 15 is 0 Å². The third kappa shape index (κ3) is 7.51. The molecule has 1 aliphatic heterocycles. The zero-order chi connectivity index (χ0) is 18.3.